The van der Waals surface area contributed by atoms with Crippen molar-refractivity contribution >= 4 is 40.7 Å². The van der Waals surface area contributed by atoms with E-state index in [-0.39, 0.29) is 16.5 Å². The van der Waals surface area contributed by atoms with E-state index < -0.39 is 10.8 Å². The molecule has 0 unspecified atom stereocenters. The Morgan fingerprint density at radius 3 is 2.46 bits per heavy atom. The van der Waals surface area contributed by atoms with Crippen molar-refractivity contribution in [3.05, 3.63) is 69.8 Å². The van der Waals surface area contributed by atoms with Crippen LogP contribution in [0, 0.1) is 10.1 Å². The number of ether oxygens (including phenoxy) is 1. The van der Waals surface area contributed by atoms with E-state index in [9.17, 15) is 14.9 Å². The average Bonchev–Trinajstić information content (AvgIpc) is 2.66. The number of nitro benzene ring substituents is 1. The van der Waals surface area contributed by atoms with Gasteiger partial charge in [0.2, 0.25) is 5.91 Å². The maximum absolute atomic E-state index is 12.0. The van der Waals surface area contributed by atoms with Crippen LogP contribution in [0.5, 0.6) is 5.75 Å². The Morgan fingerprint density at radius 1 is 1.21 bits per heavy atom. The monoisotopic (exact) mass is 399 g/mol. The molecular formula is C20H21N3O4S. The first-order valence-corrected chi connectivity index (χ1v) is 8.93. The Labute approximate surface area is 168 Å². The number of thiocarbonyl (C=S) groups is 1. The Balaban J connectivity index is 1.96. The van der Waals surface area contributed by atoms with Crippen LogP contribution in [0.2, 0.25) is 0 Å². The molecule has 2 N–H and O–H groups in total. The van der Waals surface area contributed by atoms with Gasteiger partial charge in [0.25, 0.3) is 0 Å². The summed E-state index contributed by atoms with van der Waals surface area (Å²) < 4.78 is 4.94. The van der Waals surface area contributed by atoms with Gasteiger partial charge in [-0.1, -0.05) is 38.1 Å². The first-order chi connectivity index (χ1) is 13.3. The lowest BCUT2D eigenvalue weighted by atomic mass is 10.0. The fourth-order valence-electron chi connectivity index (χ4n) is 2.39. The summed E-state index contributed by atoms with van der Waals surface area (Å²) in [7, 11) is 1.35. The molecule has 0 aliphatic heterocycles. The zero-order valence-electron chi connectivity index (χ0n) is 15.8. The van der Waals surface area contributed by atoms with Crippen molar-refractivity contribution in [2.75, 3.05) is 12.4 Å². The highest BCUT2D eigenvalue weighted by molar-refractivity contribution is 7.80. The number of nitrogens with one attached hydrogen (secondary N) is 2. The Kier molecular flexibility index (Phi) is 7.22. The second-order valence-electron chi connectivity index (χ2n) is 6.24. The maximum atomic E-state index is 12.0. The molecule has 0 bridgehead atoms. The zero-order valence-corrected chi connectivity index (χ0v) is 16.6. The van der Waals surface area contributed by atoms with Crippen LogP contribution in [0.1, 0.15) is 30.9 Å². The summed E-state index contributed by atoms with van der Waals surface area (Å²) in [5.41, 5.74) is 2.28. The van der Waals surface area contributed by atoms with E-state index in [0.29, 0.717) is 11.6 Å². The third kappa shape index (κ3) is 5.88. The predicted octanol–water partition coefficient (Wildman–Crippen LogP) is 4.25. The van der Waals surface area contributed by atoms with Crippen LogP contribution in [-0.2, 0) is 4.79 Å². The lowest BCUT2D eigenvalue weighted by Gasteiger charge is -2.09. The molecule has 0 fully saturated rings. The van der Waals surface area contributed by atoms with Gasteiger partial charge in [-0.25, -0.2) is 0 Å². The predicted molar refractivity (Wildman–Crippen MR) is 114 cm³/mol. The summed E-state index contributed by atoms with van der Waals surface area (Å²) in [6.45, 7) is 4.23. The number of hydrogen-bond acceptors (Lipinski definition) is 5. The van der Waals surface area contributed by atoms with Crippen LogP contribution in [0.25, 0.3) is 6.08 Å². The number of carbonyl (C=O) groups excluding carboxylic acids is 1. The normalized spacial score (nSPS) is 10.7. The van der Waals surface area contributed by atoms with Crippen molar-refractivity contribution in [3.63, 3.8) is 0 Å². The molecule has 28 heavy (non-hydrogen) atoms. The van der Waals surface area contributed by atoms with Gasteiger partial charge in [0.15, 0.2) is 10.9 Å². The molecule has 8 heteroatoms. The zero-order chi connectivity index (χ0) is 20.7. The lowest BCUT2D eigenvalue weighted by Crippen LogP contribution is -2.32. The van der Waals surface area contributed by atoms with Crippen LogP contribution in [0.3, 0.4) is 0 Å². The number of nitro groups is 1. The van der Waals surface area contributed by atoms with Gasteiger partial charge >= 0.3 is 5.69 Å². The molecule has 0 aromatic heterocycles. The Morgan fingerprint density at radius 2 is 1.89 bits per heavy atom. The number of rotatable bonds is 6. The van der Waals surface area contributed by atoms with Gasteiger partial charge in [-0.15, -0.1) is 0 Å². The van der Waals surface area contributed by atoms with Crippen molar-refractivity contribution in [3.8, 4) is 5.75 Å². The molecule has 0 saturated carbocycles. The number of methoxy groups -OCH3 is 1. The maximum Gasteiger partial charge on any atom is 0.312 e. The van der Waals surface area contributed by atoms with Gasteiger partial charge in [-0.3, -0.25) is 20.2 Å². The third-order valence-electron chi connectivity index (χ3n) is 3.90. The second-order valence-corrected chi connectivity index (χ2v) is 6.65. The van der Waals surface area contributed by atoms with Gasteiger partial charge in [0.1, 0.15) is 0 Å². The molecule has 2 aromatic carbocycles. The van der Waals surface area contributed by atoms with Crippen LogP contribution in [-0.4, -0.2) is 23.1 Å². The molecule has 2 aromatic rings. The molecule has 0 heterocycles. The van der Waals surface area contributed by atoms with Crippen LogP contribution >= 0.6 is 12.2 Å². The van der Waals surface area contributed by atoms with Crippen LogP contribution < -0.4 is 15.4 Å². The number of carbonyl (C=O) groups is 1. The molecule has 2 rings (SSSR count). The van der Waals surface area contributed by atoms with Crippen molar-refractivity contribution < 1.29 is 14.5 Å². The molecule has 0 saturated heterocycles. The minimum Gasteiger partial charge on any atom is -0.490 e. The van der Waals surface area contributed by atoms with Gasteiger partial charge < -0.3 is 10.1 Å². The lowest BCUT2D eigenvalue weighted by molar-refractivity contribution is -0.385. The van der Waals surface area contributed by atoms with Crippen molar-refractivity contribution in [2.45, 2.75) is 19.8 Å². The topological polar surface area (TPSA) is 93.5 Å². The standard InChI is InChI=1S/C20H21N3O4S/c1-13(2)15-7-4-14(5-8-15)6-11-19(24)22-20(28)21-16-9-10-18(27-3)17(12-16)23(25)26/h4-13H,1-3H3,(H2,21,22,24,28)/b11-6+. The van der Waals surface area contributed by atoms with Crippen LogP contribution in [0.15, 0.2) is 48.5 Å². The molecule has 0 aliphatic carbocycles. The second kappa shape index (κ2) is 9.61. The molecule has 7 nitrogen and oxygen atoms in total. The Hall–Kier alpha value is -3.26. The van der Waals surface area contributed by atoms with Crippen molar-refractivity contribution in [1.82, 2.24) is 5.32 Å². The third-order valence-corrected chi connectivity index (χ3v) is 4.10. The molecule has 0 spiro atoms. The van der Waals surface area contributed by atoms with E-state index in [1.54, 1.807) is 12.1 Å². The first-order valence-electron chi connectivity index (χ1n) is 8.52. The van der Waals surface area contributed by atoms with E-state index in [1.165, 1.54) is 30.9 Å². The van der Waals surface area contributed by atoms with Gasteiger partial charge in [0.05, 0.1) is 12.0 Å². The minimum absolute atomic E-state index is 0.0317. The van der Waals surface area contributed by atoms with Crippen molar-refractivity contribution in [2.24, 2.45) is 0 Å². The minimum atomic E-state index is -0.557. The highest BCUT2D eigenvalue weighted by Crippen LogP contribution is 2.29. The highest BCUT2D eigenvalue weighted by atomic mass is 32.1. The summed E-state index contributed by atoms with van der Waals surface area (Å²) in [6, 6.07) is 12.2. The van der Waals surface area contributed by atoms with Crippen LogP contribution in [0.4, 0.5) is 11.4 Å². The smallest absolute Gasteiger partial charge is 0.312 e. The summed E-state index contributed by atoms with van der Waals surface area (Å²) in [6.07, 6.45) is 3.05. The highest BCUT2D eigenvalue weighted by Gasteiger charge is 2.15. The SMILES string of the molecule is COc1ccc(NC(=S)NC(=O)/C=C/c2ccc(C(C)C)cc2)cc1[N+](=O)[O-]. The summed E-state index contributed by atoms with van der Waals surface area (Å²) in [4.78, 5) is 22.5. The largest absolute Gasteiger partial charge is 0.490 e. The summed E-state index contributed by atoms with van der Waals surface area (Å²) in [5.74, 6) is 0.170. The van der Waals surface area contributed by atoms with E-state index in [0.717, 1.165) is 5.56 Å². The molecular weight excluding hydrogens is 378 g/mol. The fourth-order valence-corrected chi connectivity index (χ4v) is 2.61. The fraction of sp³-hybridized carbons (Fsp3) is 0.200. The number of anilines is 1. The van der Waals surface area contributed by atoms with E-state index >= 15 is 0 Å². The summed E-state index contributed by atoms with van der Waals surface area (Å²) >= 11 is 5.08. The molecule has 0 atom stereocenters. The molecule has 0 aliphatic rings. The van der Waals surface area contributed by atoms with Gasteiger partial charge in [-0.05, 0) is 47.5 Å². The average molecular weight is 399 g/mol. The number of hydrogen-bond donors (Lipinski definition) is 2. The van der Waals surface area contributed by atoms with Gasteiger partial charge in [0, 0.05) is 17.8 Å². The molecule has 146 valence electrons. The van der Waals surface area contributed by atoms with Crippen molar-refractivity contribution in [1.29, 1.82) is 0 Å². The van der Waals surface area contributed by atoms with E-state index in [2.05, 4.69) is 24.5 Å². The Bertz CT molecular complexity index is 908. The quantitative estimate of drug-likeness (QED) is 0.326. The number of benzene rings is 2. The number of nitrogens with zero attached hydrogens (tertiary/aromatic N) is 1. The first kappa shape index (κ1) is 21.0. The van der Waals surface area contributed by atoms with Gasteiger partial charge in [-0.2, -0.15) is 0 Å². The van der Waals surface area contributed by atoms with E-state index in [1.807, 2.05) is 24.3 Å². The molecule has 1 amide bonds. The number of amides is 1. The summed E-state index contributed by atoms with van der Waals surface area (Å²) in [5, 5.41) is 16.3. The molecule has 0 radical (unpaired) electrons. The van der Waals surface area contributed by atoms with E-state index in [4.69, 9.17) is 17.0 Å².